The van der Waals surface area contributed by atoms with E-state index in [0.717, 1.165) is 30.9 Å². The number of hydrogen-bond donors (Lipinski definition) is 2. The number of aromatic hydroxyl groups is 1. The third-order valence-corrected chi connectivity index (χ3v) is 6.27. The Bertz CT molecular complexity index is 704. The zero-order chi connectivity index (χ0) is 18.4. The number of thiophene rings is 1. The van der Waals surface area contributed by atoms with Crippen LogP contribution < -0.4 is 9.80 Å². The molecule has 1 aliphatic heterocycles. The van der Waals surface area contributed by atoms with E-state index in [2.05, 4.69) is 42.3 Å². The van der Waals surface area contributed by atoms with Crippen molar-refractivity contribution in [1.82, 2.24) is 0 Å². The second-order valence-electron chi connectivity index (χ2n) is 6.84. The van der Waals surface area contributed by atoms with E-state index in [1.807, 2.05) is 29.7 Å². The Morgan fingerprint density at radius 2 is 2.00 bits per heavy atom. The average Bonchev–Trinajstić information content (AvgIpc) is 3.35. The zero-order valence-corrected chi connectivity index (χ0v) is 16.6. The molecule has 1 saturated heterocycles. The molecule has 1 atom stereocenters. The average molecular weight is 373 g/mol. The first-order valence-electron chi connectivity index (χ1n) is 9.68. The normalized spacial score (nSPS) is 16.4. The number of nitrogens with zero attached hydrogens (tertiary/aromatic N) is 2. The number of aliphatic imine (C=N–C) groups is 1. The largest absolute Gasteiger partial charge is 0.507 e. The smallest absolute Gasteiger partial charge is 0.142 e. The molecule has 0 radical (unpaired) electrons. The van der Waals surface area contributed by atoms with E-state index in [1.165, 1.54) is 30.8 Å². The number of phenols is 1. The molecule has 0 spiro atoms. The highest BCUT2D eigenvalue weighted by molar-refractivity contribution is 7.10. The van der Waals surface area contributed by atoms with Gasteiger partial charge in [0, 0.05) is 49.5 Å². The van der Waals surface area contributed by atoms with Gasteiger partial charge >= 0.3 is 0 Å². The maximum atomic E-state index is 10.4. The Morgan fingerprint density at radius 1 is 1.23 bits per heavy atom. The predicted octanol–water partition coefficient (Wildman–Crippen LogP) is 3.14. The fourth-order valence-electron chi connectivity index (χ4n) is 3.77. The summed E-state index contributed by atoms with van der Waals surface area (Å²) in [5.41, 5.74) is 1.85. The minimum Gasteiger partial charge on any atom is -0.507 e. The Labute approximate surface area is 160 Å². The number of likely N-dealkylation sites (tertiary alicyclic amines) is 1. The van der Waals surface area contributed by atoms with Crippen molar-refractivity contribution in [2.24, 2.45) is 4.99 Å². The van der Waals surface area contributed by atoms with Crippen LogP contribution in [-0.4, -0.2) is 44.0 Å². The number of hydrogen-bond acceptors (Lipinski definition) is 4. The van der Waals surface area contributed by atoms with Crippen molar-refractivity contribution >= 4 is 23.2 Å². The fraction of sp³-hybridized carbons (Fsp3) is 0.476. The molecule has 0 aliphatic carbocycles. The topological polar surface area (TPSA) is 40.3 Å². The van der Waals surface area contributed by atoms with Crippen LogP contribution in [0.2, 0.25) is 0 Å². The molecule has 4 nitrogen and oxygen atoms in total. The van der Waals surface area contributed by atoms with Crippen LogP contribution in [0.3, 0.4) is 0 Å². The highest BCUT2D eigenvalue weighted by Crippen LogP contribution is 2.24. The Hall–Kier alpha value is -1.85. The molecule has 1 fully saturated rings. The lowest BCUT2D eigenvalue weighted by molar-refractivity contribution is -0.917. The summed E-state index contributed by atoms with van der Waals surface area (Å²) < 4.78 is 0. The van der Waals surface area contributed by atoms with E-state index in [0.29, 0.717) is 11.8 Å². The molecule has 0 bridgehead atoms. The summed E-state index contributed by atoms with van der Waals surface area (Å²) in [6.45, 7) is 9.37. The van der Waals surface area contributed by atoms with Crippen molar-refractivity contribution in [1.29, 1.82) is 0 Å². The van der Waals surface area contributed by atoms with Crippen LogP contribution in [0, 0.1) is 0 Å². The molecule has 1 aliphatic rings. The maximum absolute atomic E-state index is 10.4. The highest BCUT2D eigenvalue weighted by atomic mass is 32.1. The number of rotatable bonds is 8. The summed E-state index contributed by atoms with van der Waals surface area (Å²) in [7, 11) is 0. The van der Waals surface area contributed by atoms with Crippen molar-refractivity contribution in [2.75, 3.05) is 37.6 Å². The molecule has 2 aromatic rings. The summed E-state index contributed by atoms with van der Waals surface area (Å²) in [6.07, 6.45) is 4.46. The Kier molecular flexibility index (Phi) is 6.69. The van der Waals surface area contributed by atoms with Crippen molar-refractivity contribution in [3.05, 3.63) is 46.2 Å². The van der Waals surface area contributed by atoms with Gasteiger partial charge in [-0.2, -0.15) is 0 Å². The van der Waals surface area contributed by atoms with Crippen molar-refractivity contribution < 1.29 is 10.0 Å². The number of benzene rings is 1. The summed E-state index contributed by atoms with van der Waals surface area (Å²) in [4.78, 5) is 9.99. The molecular formula is C21H30N3OS+. The van der Waals surface area contributed by atoms with Crippen LogP contribution in [-0.2, 0) is 0 Å². The minimum absolute atomic E-state index is 0.305. The zero-order valence-electron chi connectivity index (χ0n) is 15.8. The molecule has 0 saturated carbocycles. The van der Waals surface area contributed by atoms with E-state index < -0.39 is 0 Å². The summed E-state index contributed by atoms with van der Waals surface area (Å²) in [5.74, 6) is 0.305. The van der Waals surface area contributed by atoms with Gasteiger partial charge in [0.25, 0.3) is 0 Å². The second-order valence-corrected chi connectivity index (χ2v) is 7.82. The van der Waals surface area contributed by atoms with Crippen molar-refractivity contribution in [3.8, 4) is 5.75 Å². The van der Waals surface area contributed by atoms with Crippen LogP contribution in [0.25, 0.3) is 0 Å². The summed E-state index contributed by atoms with van der Waals surface area (Å²) in [6, 6.07) is 10.7. The fourth-order valence-corrected chi connectivity index (χ4v) is 4.65. The van der Waals surface area contributed by atoms with Gasteiger partial charge in [-0.05, 0) is 37.4 Å². The van der Waals surface area contributed by atoms with Gasteiger partial charge in [0.15, 0.2) is 0 Å². The third kappa shape index (κ3) is 4.46. The van der Waals surface area contributed by atoms with E-state index in [1.54, 1.807) is 4.90 Å². The van der Waals surface area contributed by atoms with Crippen LogP contribution >= 0.6 is 11.3 Å². The number of anilines is 1. The highest BCUT2D eigenvalue weighted by Gasteiger charge is 2.27. The molecule has 5 heteroatoms. The van der Waals surface area contributed by atoms with Gasteiger partial charge in [-0.3, -0.25) is 4.99 Å². The second kappa shape index (κ2) is 9.19. The standard InChI is InChI=1S/C21H29N3OS/c1-3-23(4-2)18-10-9-17(20(25)14-18)15-22-16-19(21-8-7-13-26-21)24-11-5-6-12-24/h7-10,13-15,19,25H,3-6,11-12,16H2,1-2H3/p+1/t19-/m0/s1. The summed E-state index contributed by atoms with van der Waals surface area (Å²) >= 11 is 1.83. The molecule has 1 aromatic heterocycles. The van der Waals surface area contributed by atoms with E-state index >= 15 is 0 Å². The molecular weight excluding hydrogens is 342 g/mol. The van der Waals surface area contributed by atoms with Gasteiger partial charge < -0.3 is 14.9 Å². The lowest BCUT2D eigenvalue weighted by Crippen LogP contribution is -3.10. The van der Waals surface area contributed by atoms with Gasteiger partial charge in [-0.25, -0.2) is 0 Å². The van der Waals surface area contributed by atoms with Crippen LogP contribution in [0.4, 0.5) is 5.69 Å². The van der Waals surface area contributed by atoms with E-state index in [-0.39, 0.29) is 0 Å². The van der Waals surface area contributed by atoms with Crippen LogP contribution in [0.15, 0.2) is 40.7 Å². The maximum Gasteiger partial charge on any atom is 0.142 e. The van der Waals surface area contributed by atoms with Gasteiger partial charge in [0.2, 0.25) is 0 Å². The molecule has 2 N–H and O–H groups in total. The van der Waals surface area contributed by atoms with Crippen molar-refractivity contribution in [3.63, 3.8) is 0 Å². The Balaban J connectivity index is 1.70. The van der Waals surface area contributed by atoms with Gasteiger partial charge in [-0.1, -0.05) is 6.07 Å². The molecule has 0 unspecified atom stereocenters. The first-order valence-corrected chi connectivity index (χ1v) is 10.6. The number of phenolic OH excluding ortho intramolecular Hbond substituents is 1. The van der Waals surface area contributed by atoms with E-state index in [9.17, 15) is 5.11 Å². The molecule has 26 heavy (non-hydrogen) atoms. The quantitative estimate of drug-likeness (QED) is 0.699. The minimum atomic E-state index is 0.305. The van der Waals surface area contributed by atoms with Crippen LogP contribution in [0.1, 0.15) is 43.2 Å². The lowest BCUT2D eigenvalue weighted by atomic mass is 10.1. The summed E-state index contributed by atoms with van der Waals surface area (Å²) in [5, 5.41) is 12.5. The van der Waals surface area contributed by atoms with Crippen LogP contribution in [0.5, 0.6) is 5.75 Å². The molecule has 3 rings (SSSR count). The lowest BCUT2D eigenvalue weighted by Gasteiger charge is -2.22. The van der Waals surface area contributed by atoms with E-state index in [4.69, 9.17) is 4.99 Å². The first-order chi connectivity index (χ1) is 12.7. The van der Waals surface area contributed by atoms with Gasteiger partial charge in [0.1, 0.15) is 11.8 Å². The predicted molar refractivity (Wildman–Crippen MR) is 111 cm³/mol. The third-order valence-electron chi connectivity index (χ3n) is 5.29. The number of nitrogens with one attached hydrogen (secondary N) is 1. The van der Waals surface area contributed by atoms with Gasteiger partial charge in [0.05, 0.1) is 24.5 Å². The molecule has 0 amide bonds. The van der Waals surface area contributed by atoms with Crippen molar-refractivity contribution in [2.45, 2.75) is 32.7 Å². The van der Waals surface area contributed by atoms with Gasteiger partial charge in [-0.15, -0.1) is 11.3 Å². The first kappa shape index (κ1) is 18.9. The molecule has 2 heterocycles. The molecule has 1 aromatic carbocycles. The SMILES string of the molecule is CCN(CC)c1ccc(C=NC[C@@H](c2cccs2)[NH+]2CCCC2)c(O)c1. The molecule has 140 valence electrons. The number of quaternary nitrogens is 1. The Morgan fingerprint density at radius 3 is 2.62 bits per heavy atom. The monoisotopic (exact) mass is 372 g/mol.